The summed E-state index contributed by atoms with van der Waals surface area (Å²) in [6.07, 6.45) is 1.19. The number of nitrogens with one attached hydrogen (secondary N) is 1. The monoisotopic (exact) mass is 228 g/mol. The van der Waals surface area contributed by atoms with Crippen LogP contribution in [0.3, 0.4) is 0 Å². The Balaban J connectivity index is 2.78. The minimum atomic E-state index is -0.641. The van der Waals surface area contributed by atoms with Crippen LogP contribution >= 0.6 is 0 Å². The summed E-state index contributed by atoms with van der Waals surface area (Å²) >= 11 is 0. The van der Waals surface area contributed by atoms with Crippen molar-refractivity contribution in [3.05, 3.63) is 22.0 Å². The topological polar surface area (TPSA) is 99.3 Å². The van der Waals surface area contributed by atoms with Crippen LogP contribution < -0.4 is 5.32 Å². The number of amides is 1. The normalized spacial score (nSPS) is 10.1. The molecule has 0 unspecified atom stereocenters. The van der Waals surface area contributed by atoms with Crippen molar-refractivity contribution in [3.8, 4) is 0 Å². The molecule has 0 bridgehead atoms. The van der Waals surface area contributed by atoms with Crippen LogP contribution in [0.5, 0.6) is 0 Å². The van der Waals surface area contributed by atoms with Crippen LogP contribution in [0.15, 0.2) is 6.20 Å². The van der Waals surface area contributed by atoms with Crippen LogP contribution in [0.1, 0.15) is 10.5 Å². The lowest BCUT2D eigenvalue weighted by Crippen LogP contribution is -2.27. The predicted octanol–water partition coefficient (Wildman–Crippen LogP) is -0.295. The Labute approximate surface area is 91.3 Å². The highest BCUT2D eigenvalue weighted by atomic mass is 16.6. The Bertz CT molecular complexity index is 401. The van der Waals surface area contributed by atoms with E-state index in [1.165, 1.54) is 25.0 Å². The van der Waals surface area contributed by atoms with Crippen molar-refractivity contribution in [2.75, 3.05) is 20.3 Å². The number of carbonyl (C=O) groups excluding carboxylic acids is 1. The number of aryl methyl sites for hydroxylation is 1. The first-order chi connectivity index (χ1) is 7.56. The molecule has 1 rings (SSSR count). The molecular formula is C8H12N4O4. The molecule has 0 saturated carbocycles. The van der Waals surface area contributed by atoms with Gasteiger partial charge in [-0.05, 0) is 0 Å². The molecule has 1 heterocycles. The molecule has 16 heavy (non-hydrogen) atoms. The Morgan fingerprint density at radius 3 is 3.00 bits per heavy atom. The van der Waals surface area contributed by atoms with E-state index in [-0.39, 0.29) is 17.9 Å². The molecule has 0 aromatic carbocycles. The molecule has 1 amide bonds. The van der Waals surface area contributed by atoms with Crippen molar-refractivity contribution in [2.45, 2.75) is 0 Å². The average molecular weight is 228 g/mol. The molecule has 0 atom stereocenters. The van der Waals surface area contributed by atoms with Gasteiger partial charge in [-0.15, -0.1) is 0 Å². The van der Waals surface area contributed by atoms with Gasteiger partial charge in [0.15, 0.2) is 0 Å². The number of rotatable bonds is 5. The number of nitro groups is 1. The van der Waals surface area contributed by atoms with E-state index in [4.69, 9.17) is 4.74 Å². The van der Waals surface area contributed by atoms with Gasteiger partial charge in [0.05, 0.1) is 11.5 Å². The molecule has 0 aliphatic rings. The van der Waals surface area contributed by atoms with Gasteiger partial charge in [-0.2, -0.15) is 5.10 Å². The van der Waals surface area contributed by atoms with Gasteiger partial charge >= 0.3 is 5.69 Å². The highest BCUT2D eigenvalue weighted by Crippen LogP contribution is 2.15. The molecule has 8 heteroatoms. The van der Waals surface area contributed by atoms with Gasteiger partial charge < -0.3 is 10.1 Å². The summed E-state index contributed by atoms with van der Waals surface area (Å²) in [6, 6.07) is 0. The average Bonchev–Trinajstić information content (AvgIpc) is 2.61. The second-order valence-electron chi connectivity index (χ2n) is 3.04. The van der Waals surface area contributed by atoms with Crippen LogP contribution in [-0.4, -0.2) is 40.9 Å². The van der Waals surface area contributed by atoms with Crippen molar-refractivity contribution < 1.29 is 14.5 Å². The van der Waals surface area contributed by atoms with E-state index in [0.29, 0.717) is 6.61 Å². The Kier molecular flexibility index (Phi) is 3.95. The third-order valence-corrected chi connectivity index (χ3v) is 1.81. The predicted molar refractivity (Wildman–Crippen MR) is 54.1 cm³/mol. The molecule has 0 saturated heterocycles. The minimum absolute atomic E-state index is 0.191. The van der Waals surface area contributed by atoms with Crippen molar-refractivity contribution in [3.63, 3.8) is 0 Å². The molecule has 0 aliphatic heterocycles. The van der Waals surface area contributed by atoms with Gasteiger partial charge in [-0.1, -0.05) is 0 Å². The summed E-state index contributed by atoms with van der Waals surface area (Å²) in [5.41, 5.74) is -0.499. The SMILES string of the molecule is COCCNC(=O)c1nn(C)cc1[N+](=O)[O-]. The largest absolute Gasteiger partial charge is 0.383 e. The Morgan fingerprint density at radius 2 is 2.44 bits per heavy atom. The molecular weight excluding hydrogens is 216 g/mol. The standard InChI is InChI=1S/C8H12N4O4/c1-11-5-6(12(14)15)7(10-11)8(13)9-3-4-16-2/h5H,3-4H2,1-2H3,(H,9,13). The third-order valence-electron chi connectivity index (χ3n) is 1.81. The van der Waals surface area contributed by atoms with E-state index in [2.05, 4.69) is 10.4 Å². The maximum absolute atomic E-state index is 11.5. The summed E-state index contributed by atoms with van der Waals surface area (Å²) in [5.74, 6) is -0.579. The van der Waals surface area contributed by atoms with Gasteiger partial charge in [0.1, 0.15) is 6.20 Å². The van der Waals surface area contributed by atoms with Gasteiger partial charge in [0, 0.05) is 20.7 Å². The van der Waals surface area contributed by atoms with Crippen molar-refractivity contribution in [1.82, 2.24) is 15.1 Å². The number of methoxy groups -OCH3 is 1. The third kappa shape index (κ3) is 2.76. The second-order valence-corrected chi connectivity index (χ2v) is 3.04. The fourth-order valence-electron chi connectivity index (χ4n) is 1.12. The smallest absolute Gasteiger partial charge is 0.320 e. The maximum Gasteiger partial charge on any atom is 0.320 e. The number of ether oxygens (including phenoxy) is 1. The highest BCUT2D eigenvalue weighted by Gasteiger charge is 2.24. The van der Waals surface area contributed by atoms with Gasteiger partial charge in [-0.25, -0.2) is 0 Å². The van der Waals surface area contributed by atoms with Gasteiger partial charge in [0.25, 0.3) is 5.91 Å². The lowest BCUT2D eigenvalue weighted by molar-refractivity contribution is -0.385. The molecule has 0 radical (unpaired) electrons. The minimum Gasteiger partial charge on any atom is -0.383 e. The van der Waals surface area contributed by atoms with Gasteiger partial charge in [0.2, 0.25) is 5.69 Å². The van der Waals surface area contributed by atoms with Crippen molar-refractivity contribution in [1.29, 1.82) is 0 Å². The van der Waals surface area contributed by atoms with E-state index in [0.717, 1.165) is 0 Å². The highest BCUT2D eigenvalue weighted by molar-refractivity contribution is 5.95. The Morgan fingerprint density at radius 1 is 1.75 bits per heavy atom. The lowest BCUT2D eigenvalue weighted by Gasteiger charge is -2.00. The lowest BCUT2D eigenvalue weighted by atomic mass is 10.3. The van der Waals surface area contributed by atoms with E-state index >= 15 is 0 Å². The van der Waals surface area contributed by atoms with E-state index in [9.17, 15) is 14.9 Å². The molecule has 1 aromatic heterocycles. The first-order valence-corrected chi connectivity index (χ1v) is 4.51. The van der Waals surface area contributed by atoms with E-state index < -0.39 is 10.8 Å². The van der Waals surface area contributed by atoms with Crippen LogP contribution in [-0.2, 0) is 11.8 Å². The molecule has 88 valence electrons. The summed E-state index contributed by atoms with van der Waals surface area (Å²) in [7, 11) is 3.01. The zero-order valence-corrected chi connectivity index (χ0v) is 8.97. The van der Waals surface area contributed by atoms with Crippen molar-refractivity contribution >= 4 is 11.6 Å². The first-order valence-electron chi connectivity index (χ1n) is 4.51. The second kappa shape index (κ2) is 5.21. The summed E-state index contributed by atoms with van der Waals surface area (Å²) in [4.78, 5) is 21.5. The number of nitrogens with zero attached hydrogens (tertiary/aromatic N) is 3. The van der Waals surface area contributed by atoms with Crippen LogP contribution in [0.2, 0.25) is 0 Å². The number of hydrogen-bond donors (Lipinski definition) is 1. The van der Waals surface area contributed by atoms with Crippen molar-refractivity contribution in [2.24, 2.45) is 7.05 Å². The summed E-state index contributed by atoms with van der Waals surface area (Å²) in [6.45, 7) is 0.620. The van der Waals surface area contributed by atoms with Crippen LogP contribution in [0.4, 0.5) is 5.69 Å². The van der Waals surface area contributed by atoms with E-state index in [1.54, 1.807) is 0 Å². The van der Waals surface area contributed by atoms with Gasteiger partial charge in [-0.3, -0.25) is 19.6 Å². The molecule has 0 aliphatic carbocycles. The number of aromatic nitrogens is 2. The molecule has 8 nitrogen and oxygen atoms in total. The maximum atomic E-state index is 11.5. The van der Waals surface area contributed by atoms with Crippen LogP contribution in [0, 0.1) is 10.1 Å². The van der Waals surface area contributed by atoms with E-state index in [1.807, 2.05) is 0 Å². The Hall–Kier alpha value is -1.96. The molecule has 1 aromatic rings. The first kappa shape index (κ1) is 12.1. The van der Waals surface area contributed by atoms with Crippen LogP contribution in [0.25, 0.3) is 0 Å². The zero-order valence-electron chi connectivity index (χ0n) is 8.97. The number of hydrogen-bond acceptors (Lipinski definition) is 5. The number of carbonyl (C=O) groups is 1. The zero-order chi connectivity index (χ0) is 12.1. The molecule has 1 N–H and O–H groups in total. The summed E-state index contributed by atoms with van der Waals surface area (Å²) < 4.78 is 5.96. The fraction of sp³-hybridized carbons (Fsp3) is 0.500. The molecule has 0 spiro atoms. The quantitative estimate of drug-likeness (QED) is 0.424. The summed E-state index contributed by atoms with van der Waals surface area (Å²) in [5, 5.41) is 16.8. The fourth-order valence-corrected chi connectivity index (χ4v) is 1.12. The molecule has 0 fully saturated rings.